The first-order valence-corrected chi connectivity index (χ1v) is 15.8. The van der Waals surface area contributed by atoms with E-state index in [1.807, 2.05) is 13.8 Å². The van der Waals surface area contributed by atoms with Gasteiger partial charge in [-0.05, 0) is 20.8 Å². The number of ether oxygens (including phenoxy) is 4. The summed E-state index contributed by atoms with van der Waals surface area (Å²) in [6, 6.07) is 1.35. The zero-order valence-corrected chi connectivity index (χ0v) is 27.2. The van der Waals surface area contributed by atoms with Gasteiger partial charge >= 0.3 is 13.5 Å². The summed E-state index contributed by atoms with van der Waals surface area (Å²) in [5.41, 5.74) is -0.809. The number of rotatable bonds is 17. The van der Waals surface area contributed by atoms with Crippen molar-refractivity contribution in [3.63, 3.8) is 0 Å². The van der Waals surface area contributed by atoms with Gasteiger partial charge in [0.05, 0.1) is 36.6 Å². The lowest BCUT2D eigenvalue weighted by Crippen LogP contribution is -2.33. The topological polar surface area (TPSA) is 178 Å². The van der Waals surface area contributed by atoms with Crippen LogP contribution < -0.4 is 16.0 Å². The van der Waals surface area contributed by atoms with Crippen LogP contribution in [0.5, 0.6) is 11.5 Å². The molecule has 1 saturated heterocycles. The third-order valence-corrected chi connectivity index (χ3v) is 8.46. The molecule has 2 N–H and O–H groups in total. The third kappa shape index (κ3) is 9.28. The summed E-state index contributed by atoms with van der Waals surface area (Å²) in [7, 11) is -1.55. The Morgan fingerprint density at radius 3 is 2.57 bits per heavy atom. The standard InChI is InChI=1S/C26H36Cl2N3O12P/c1-6-38-22(39-7-2)8-9-40-44(35,37-5)41-14-20-18(11-21(42-20)31-13-15(3)25(33)30-26(31)34)43-29-12-16-17(27)10-19(36-4)24(32)23(16)28/h10,12-13,18,20-22,32H,6-9,11,14H2,1-5H3,(H,30,33,34)/t18-,20-,21-,44?/m1/s1. The van der Waals surface area contributed by atoms with Gasteiger partial charge in [-0.25, -0.2) is 9.36 Å². The van der Waals surface area contributed by atoms with Crippen LogP contribution in [0, 0.1) is 6.92 Å². The van der Waals surface area contributed by atoms with Crippen molar-refractivity contribution in [1.82, 2.24) is 9.55 Å². The molecule has 0 amide bonds. The van der Waals surface area contributed by atoms with Crippen LogP contribution in [0.15, 0.2) is 27.0 Å². The molecule has 4 atom stereocenters. The number of phosphoric acid groups is 1. The Kier molecular flexibility index (Phi) is 13.7. The van der Waals surface area contributed by atoms with Gasteiger partial charge in [-0.3, -0.25) is 27.9 Å². The smallest absolute Gasteiger partial charge is 0.474 e. The Labute approximate surface area is 263 Å². The molecule has 1 aliphatic rings. The van der Waals surface area contributed by atoms with Crippen LogP contribution in [0.4, 0.5) is 0 Å². The predicted octanol–water partition coefficient (Wildman–Crippen LogP) is 4.15. The van der Waals surface area contributed by atoms with E-state index in [0.717, 1.165) is 0 Å². The predicted molar refractivity (Wildman–Crippen MR) is 160 cm³/mol. The molecule has 0 saturated carbocycles. The second-order valence-electron chi connectivity index (χ2n) is 9.25. The van der Waals surface area contributed by atoms with E-state index in [2.05, 4.69) is 10.1 Å². The van der Waals surface area contributed by atoms with Crippen molar-refractivity contribution in [1.29, 1.82) is 0 Å². The molecule has 44 heavy (non-hydrogen) atoms. The maximum atomic E-state index is 13.2. The number of phosphoric ester groups is 1. The molecule has 1 aromatic carbocycles. The number of hydrogen-bond acceptors (Lipinski definition) is 13. The quantitative estimate of drug-likeness (QED) is 0.105. The Morgan fingerprint density at radius 2 is 1.93 bits per heavy atom. The highest BCUT2D eigenvalue weighted by molar-refractivity contribution is 7.48. The fraction of sp³-hybridized carbons (Fsp3) is 0.577. The third-order valence-electron chi connectivity index (χ3n) is 6.36. The average molecular weight is 684 g/mol. The van der Waals surface area contributed by atoms with Crippen LogP contribution in [0.2, 0.25) is 10.0 Å². The molecule has 1 unspecified atom stereocenters. The summed E-state index contributed by atoms with van der Waals surface area (Å²) in [4.78, 5) is 32.3. The Hall–Kier alpha value is -2.46. The molecule has 1 aromatic heterocycles. The van der Waals surface area contributed by atoms with Gasteiger partial charge in [0.2, 0.25) is 0 Å². The number of aryl methyl sites for hydroxylation is 1. The van der Waals surface area contributed by atoms with E-state index >= 15 is 0 Å². The molecule has 3 rings (SSSR count). The molecule has 0 spiro atoms. The van der Waals surface area contributed by atoms with Gasteiger partial charge in [0, 0.05) is 56.6 Å². The molecule has 1 fully saturated rings. The normalized spacial score (nSPS) is 20.0. The minimum Gasteiger partial charge on any atom is -0.503 e. The largest absolute Gasteiger partial charge is 0.503 e. The molecule has 18 heteroatoms. The number of nitrogens with one attached hydrogen (secondary N) is 1. The van der Waals surface area contributed by atoms with Gasteiger partial charge in [0.25, 0.3) is 5.56 Å². The molecular formula is C26H36Cl2N3O12P. The van der Waals surface area contributed by atoms with E-state index in [4.69, 9.17) is 60.6 Å². The second-order valence-corrected chi connectivity index (χ2v) is 11.8. The number of benzene rings is 1. The van der Waals surface area contributed by atoms with Gasteiger partial charge in [-0.2, -0.15) is 0 Å². The van der Waals surface area contributed by atoms with E-state index < -0.39 is 43.8 Å². The van der Waals surface area contributed by atoms with E-state index in [1.54, 1.807) is 0 Å². The zero-order valence-electron chi connectivity index (χ0n) is 24.8. The van der Waals surface area contributed by atoms with E-state index in [-0.39, 0.29) is 58.7 Å². The minimum atomic E-state index is -4.06. The second kappa shape index (κ2) is 16.7. The van der Waals surface area contributed by atoms with Gasteiger partial charge < -0.3 is 28.9 Å². The number of aromatic amines is 1. The number of oxime groups is 1. The SMILES string of the molecule is CCOC(CCOP(=O)(OC)OC[C@H]1O[C@@H](n2cc(C)c(=O)[nH]c2=O)C[C@H]1ON=Cc1c(Cl)cc(OC)c(O)c1Cl)OCC. The van der Waals surface area contributed by atoms with Crippen LogP contribution in [0.3, 0.4) is 0 Å². The number of aromatic hydroxyl groups is 1. The fourth-order valence-electron chi connectivity index (χ4n) is 4.12. The fourth-order valence-corrected chi connectivity index (χ4v) is 5.60. The van der Waals surface area contributed by atoms with Crippen molar-refractivity contribution in [3.05, 3.63) is 54.3 Å². The number of methoxy groups -OCH3 is 1. The number of halogens is 2. The Morgan fingerprint density at radius 1 is 1.23 bits per heavy atom. The number of phenolic OH excluding ortho intramolecular Hbond substituents is 1. The van der Waals surface area contributed by atoms with Crippen molar-refractivity contribution in [2.75, 3.05) is 40.6 Å². The number of aromatic nitrogens is 2. The Bertz CT molecular complexity index is 1450. The maximum absolute atomic E-state index is 13.2. The lowest BCUT2D eigenvalue weighted by Gasteiger charge is -2.22. The number of hydrogen-bond donors (Lipinski definition) is 2. The maximum Gasteiger partial charge on any atom is 0.474 e. The molecule has 0 radical (unpaired) electrons. The monoisotopic (exact) mass is 683 g/mol. The average Bonchev–Trinajstić information content (AvgIpc) is 3.40. The summed E-state index contributed by atoms with van der Waals surface area (Å²) >= 11 is 12.5. The number of H-pyrrole nitrogens is 1. The molecule has 2 aromatic rings. The van der Waals surface area contributed by atoms with Gasteiger partial charge in [0.1, 0.15) is 12.3 Å². The number of phenols is 1. The molecule has 0 aliphatic carbocycles. The summed E-state index contributed by atoms with van der Waals surface area (Å²) in [6.45, 7) is 5.60. The van der Waals surface area contributed by atoms with Crippen LogP contribution in [-0.2, 0) is 37.2 Å². The first-order chi connectivity index (χ1) is 21.0. The van der Waals surface area contributed by atoms with Crippen LogP contribution in [-0.4, -0.2) is 80.0 Å². The van der Waals surface area contributed by atoms with Gasteiger partial charge in [-0.1, -0.05) is 28.4 Å². The lowest BCUT2D eigenvalue weighted by molar-refractivity contribution is -0.143. The van der Waals surface area contributed by atoms with E-state index in [1.165, 1.54) is 44.2 Å². The minimum absolute atomic E-state index is 0.0591. The van der Waals surface area contributed by atoms with Crippen LogP contribution >= 0.6 is 31.0 Å². The number of nitrogens with zero attached hydrogens (tertiary/aromatic N) is 2. The van der Waals surface area contributed by atoms with Crippen molar-refractivity contribution in [2.45, 2.75) is 58.3 Å². The molecule has 1 aliphatic heterocycles. The molecule has 2 heterocycles. The lowest BCUT2D eigenvalue weighted by atomic mass is 10.2. The summed E-state index contributed by atoms with van der Waals surface area (Å²) < 4.78 is 52.3. The van der Waals surface area contributed by atoms with Crippen molar-refractivity contribution >= 4 is 37.2 Å². The molecule has 246 valence electrons. The highest BCUT2D eigenvalue weighted by Crippen LogP contribution is 2.49. The van der Waals surface area contributed by atoms with Crippen LogP contribution in [0.25, 0.3) is 0 Å². The first kappa shape index (κ1) is 36.0. The highest BCUT2D eigenvalue weighted by atomic mass is 35.5. The van der Waals surface area contributed by atoms with E-state index in [0.29, 0.717) is 13.2 Å². The molecular weight excluding hydrogens is 648 g/mol. The van der Waals surface area contributed by atoms with E-state index in [9.17, 15) is 19.3 Å². The summed E-state index contributed by atoms with van der Waals surface area (Å²) in [5, 5.41) is 14.2. The van der Waals surface area contributed by atoms with Crippen molar-refractivity contribution < 1.29 is 47.0 Å². The zero-order chi connectivity index (χ0) is 32.4. The highest BCUT2D eigenvalue weighted by Gasteiger charge is 2.41. The van der Waals surface area contributed by atoms with Crippen molar-refractivity contribution in [2.24, 2.45) is 5.16 Å². The van der Waals surface area contributed by atoms with Gasteiger partial charge in [-0.15, -0.1) is 0 Å². The van der Waals surface area contributed by atoms with Crippen molar-refractivity contribution in [3.8, 4) is 11.5 Å². The Balaban J connectivity index is 1.78. The molecule has 0 bridgehead atoms. The summed E-state index contributed by atoms with van der Waals surface area (Å²) in [5.74, 6) is -0.271. The first-order valence-electron chi connectivity index (χ1n) is 13.6. The van der Waals surface area contributed by atoms with Crippen LogP contribution in [0.1, 0.15) is 44.0 Å². The van der Waals surface area contributed by atoms with Gasteiger partial charge in [0.15, 0.2) is 23.9 Å². The summed E-state index contributed by atoms with van der Waals surface area (Å²) in [6.07, 6.45) is -0.421. The molecule has 15 nitrogen and oxygen atoms in total.